The van der Waals surface area contributed by atoms with E-state index >= 15 is 0 Å². The fourth-order valence-electron chi connectivity index (χ4n) is 1.93. The number of carbonyl (C=O) groups excluding carboxylic acids is 1. The maximum Gasteiger partial charge on any atom is 0.326 e. The number of hydrogen-bond donors (Lipinski definition) is 1. The van der Waals surface area contributed by atoms with Gasteiger partial charge in [-0.25, -0.2) is 4.98 Å². The molecule has 100 valence electrons. The van der Waals surface area contributed by atoms with Gasteiger partial charge >= 0.3 is 5.97 Å². The van der Waals surface area contributed by atoms with Gasteiger partial charge in [-0.15, -0.1) is 0 Å². The molecule has 0 bridgehead atoms. The number of fused-ring (bicyclic) bond motifs is 1. The number of aromatic nitrogens is 2. The third-order valence-corrected chi connectivity index (χ3v) is 2.80. The van der Waals surface area contributed by atoms with E-state index in [1.165, 1.54) is 0 Å². The number of nitrogens with two attached hydrogens (primary N) is 1. The Morgan fingerprint density at radius 2 is 2.21 bits per heavy atom. The molecule has 0 unspecified atom stereocenters. The second kappa shape index (κ2) is 5.79. The first-order chi connectivity index (χ1) is 9.11. The van der Waals surface area contributed by atoms with Crippen LogP contribution < -0.4 is 5.73 Å². The molecule has 0 aliphatic rings. The van der Waals surface area contributed by atoms with Gasteiger partial charge in [0.05, 0.1) is 29.0 Å². The maximum absolute atomic E-state index is 11.7. The first-order valence-electron chi connectivity index (χ1n) is 6.00. The van der Waals surface area contributed by atoms with Crippen LogP contribution in [0.3, 0.4) is 0 Å². The standard InChI is InChI=1S/C13H15N3O2S/c1-2-18-13(17)8-16-10-6-4-3-5-9(10)15-12(16)7-11(14)19/h3-6H,2,7-8H2,1H3,(H2,14,19). The predicted molar refractivity (Wildman–Crippen MR) is 76.9 cm³/mol. The lowest BCUT2D eigenvalue weighted by molar-refractivity contribution is -0.143. The normalized spacial score (nSPS) is 10.6. The van der Waals surface area contributed by atoms with Crippen molar-refractivity contribution in [2.45, 2.75) is 19.9 Å². The van der Waals surface area contributed by atoms with Crippen molar-refractivity contribution in [1.82, 2.24) is 9.55 Å². The average Bonchev–Trinajstić information content (AvgIpc) is 2.67. The van der Waals surface area contributed by atoms with E-state index in [0.29, 0.717) is 23.8 Å². The van der Waals surface area contributed by atoms with Crippen molar-refractivity contribution in [3.8, 4) is 0 Å². The molecule has 0 fully saturated rings. The van der Waals surface area contributed by atoms with Crippen molar-refractivity contribution in [2.75, 3.05) is 6.61 Å². The second-order valence-electron chi connectivity index (χ2n) is 4.05. The van der Waals surface area contributed by atoms with Crippen molar-refractivity contribution in [3.05, 3.63) is 30.1 Å². The molecule has 1 heterocycles. The summed E-state index contributed by atoms with van der Waals surface area (Å²) >= 11 is 4.91. The molecule has 6 heteroatoms. The van der Waals surface area contributed by atoms with Crippen LogP contribution in [0.2, 0.25) is 0 Å². The Bertz CT molecular complexity index is 621. The van der Waals surface area contributed by atoms with Gasteiger partial charge in [-0.2, -0.15) is 0 Å². The van der Waals surface area contributed by atoms with Crippen LogP contribution >= 0.6 is 12.2 Å². The number of imidazole rings is 1. The number of para-hydroxylation sites is 2. The van der Waals surface area contributed by atoms with Crippen LogP contribution in [0.5, 0.6) is 0 Å². The quantitative estimate of drug-likeness (QED) is 0.661. The molecule has 2 N–H and O–H groups in total. The van der Waals surface area contributed by atoms with E-state index in [1.54, 1.807) is 11.5 Å². The number of ether oxygens (including phenoxy) is 1. The van der Waals surface area contributed by atoms with Crippen molar-refractivity contribution < 1.29 is 9.53 Å². The van der Waals surface area contributed by atoms with E-state index in [2.05, 4.69) is 4.98 Å². The predicted octanol–water partition coefficient (Wildman–Crippen LogP) is 1.43. The summed E-state index contributed by atoms with van der Waals surface area (Å²) in [6.45, 7) is 2.25. The largest absolute Gasteiger partial charge is 0.465 e. The molecule has 1 aromatic carbocycles. The Hall–Kier alpha value is -1.95. The molecule has 0 radical (unpaired) electrons. The van der Waals surface area contributed by atoms with Gasteiger partial charge < -0.3 is 15.0 Å². The van der Waals surface area contributed by atoms with Crippen LogP contribution in [0.25, 0.3) is 11.0 Å². The van der Waals surface area contributed by atoms with Gasteiger partial charge in [0, 0.05) is 0 Å². The van der Waals surface area contributed by atoms with Gasteiger partial charge in [-0.1, -0.05) is 24.4 Å². The maximum atomic E-state index is 11.7. The summed E-state index contributed by atoms with van der Waals surface area (Å²) in [5.74, 6) is 0.386. The lowest BCUT2D eigenvalue weighted by atomic mass is 10.3. The number of esters is 1. The van der Waals surface area contributed by atoms with Crippen LogP contribution in [0.15, 0.2) is 24.3 Å². The minimum absolute atomic E-state index is 0.117. The molecular weight excluding hydrogens is 262 g/mol. The Morgan fingerprint density at radius 3 is 2.89 bits per heavy atom. The Labute approximate surface area is 116 Å². The summed E-state index contributed by atoms with van der Waals surface area (Å²) in [5, 5.41) is 0. The number of hydrogen-bond acceptors (Lipinski definition) is 4. The highest BCUT2D eigenvalue weighted by Gasteiger charge is 2.14. The number of nitrogens with zero attached hydrogens (tertiary/aromatic N) is 2. The van der Waals surface area contributed by atoms with Gasteiger partial charge in [0.2, 0.25) is 0 Å². The van der Waals surface area contributed by atoms with Gasteiger partial charge in [-0.3, -0.25) is 4.79 Å². The Kier molecular flexibility index (Phi) is 4.11. The number of carbonyl (C=O) groups is 1. The van der Waals surface area contributed by atoms with Gasteiger partial charge in [0.25, 0.3) is 0 Å². The van der Waals surface area contributed by atoms with E-state index in [0.717, 1.165) is 11.0 Å². The van der Waals surface area contributed by atoms with E-state index < -0.39 is 0 Å². The van der Waals surface area contributed by atoms with E-state index in [9.17, 15) is 4.79 Å². The summed E-state index contributed by atoms with van der Waals surface area (Å²) < 4.78 is 6.77. The topological polar surface area (TPSA) is 70.1 Å². The third-order valence-electron chi connectivity index (χ3n) is 2.66. The van der Waals surface area contributed by atoms with Crippen LogP contribution in [0.1, 0.15) is 12.7 Å². The summed E-state index contributed by atoms with van der Waals surface area (Å²) in [7, 11) is 0. The first-order valence-corrected chi connectivity index (χ1v) is 6.40. The second-order valence-corrected chi connectivity index (χ2v) is 4.58. The van der Waals surface area contributed by atoms with E-state index in [-0.39, 0.29) is 12.5 Å². The van der Waals surface area contributed by atoms with Crippen molar-refractivity contribution in [3.63, 3.8) is 0 Å². The monoisotopic (exact) mass is 277 g/mol. The highest BCUT2D eigenvalue weighted by atomic mass is 32.1. The molecule has 0 atom stereocenters. The van der Waals surface area contributed by atoms with Gasteiger partial charge in [0.15, 0.2) is 0 Å². The Morgan fingerprint density at radius 1 is 1.47 bits per heavy atom. The molecule has 2 rings (SSSR count). The van der Waals surface area contributed by atoms with Crippen LogP contribution in [0.4, 0.5) is 0 Å². The van der Waals surface area contributed by atoms with Crippen molar-refractivity contribution in [2.24, 2.45) is 5.73 Å². The van der Waals surface area contributed by atoms with Crippen LogP contribution in [-0.4, -0.2) is 27.1 Å². The van der Waals surface area contributed by atoms with Gasteiger partial charge in [0.1, 0.15) is 12.4 Å². The summed E-state index contributed by atoms with van der Waals surface area (Å²) in [4.78, 5) is 16.5. The number of thiocarbonyl (C=S) groups is 1. The minimum atomic E-state index is -0.296. The average molecular weight is 277 g/mol. The summed E-state index contributed by atoms with van der Waals surface area (Å²) in [6, 6.07) is 7.59. The van der Waals surface area contributed by atoms with Crippen LogP contribution in [0, 0.1) is 0 Å². The molecule has 1 aromatic heterocycles. The summed E-state index contributed by atoms with van der Waals surface area (Å²) in [5.41, 5.74) is 7.26. The zero-order chi connectivity index (χ0) is 13.8. The summed E-state index contributed by atoms with van der Waals surface area (Å²) in [6.07, 6.45) is 0.365. The molecule has 0 saturated heterocycles. The third kappa shape index (κ3) is 3.08. The van der Waals surface area contributed by atoms with E-state index in [1.807, 2.05) is 24.3 Å². The Balaban J connectivity index is 2.42. The highest BCUT2D eigenvalue weighted by molar-refractivity contribution is 7.80. The molecule has 0 aliphatic heterocycles. The molecule has 19 heavy (non-hydrogen) atoms. The smallest absolute Gasteiger partial charge is 0.326 e. The minimum Gasteiger partial charge on any atom is -0.465 e. The molecule has 0 saturated carbocycles. The zero-order valence-corrected chi connectivity index (χ0v) is 11.4. The molecule has 0 amide bonds. The molecule has 0 aliphatic carbocycles. The molecule has 2 aromatic rings. The van der Waals surface area contributed by atoms with Crippen molar-refractivity contribution >= 4 is 34.2 Å². The van der Waals surface area contributed by atoms with Gasteiger partial charge in [-0.05, 0) is 19.1 Å². The SMILES string of the molecule is CCOC(=O)Cn1c(CC(N)=S)nc2ccccc21. The lowest BCUT2D eigenvalue weighted by Gasteiger charge is -2.08. The van der Waals surface area contributed by atoms with E-state index in [4.69, 9.17) is 22.7 Å². The fraction of sp³-hybridized carbons (Fsp3) is 0.308. The van der Waals surface area contributed by atoms with Crippen LogP contribution in [-0.2, 0) is 22.5 Å². The zero-order valence-electron chi connectivity index (χ0n) is 10.6. The number of benzene rings is 1. The van der Waals surface area contributed by atoms with Crippen molar-refractivity contribution in [1.29, 1.82) is 0 Å². The lowest BCUT2D eigenvalue weighted by Crippen LogP contribution is -2.19. The molecular formula is C13H15N3O2S. The number of rotatable bonds is 5. The highest BCUT2D eigenvalue weighted by Crippen LogP contribution is 2.16. The first kappa shape index (κ1) is 13.5. The molecule has 0 spiro atoms. The fourth-order valence-corrected chi connectivity index (χ4v) is 2.06. The molecule has 5 nitrogen and oxygen atoms in total.